The monoisotopic (exact) mass is 455 g/mol. The fourth-order valence-corrected chi connectivity index (χ4v) is 4.66. The molecule has 33 heavy (non-hydrogen) atoms. The van der Waals surface area contributed by atoms with Crippen molar-refractivity contribution in [3.05, 3.63) is 60.0 Å². The molecular weight excluding hydrogens is 410 g/mol. The number of carbonyl (C=O) groups excluding carboxylic acids is 1. The highest BCUT2D eigenvalue weighted by atomic mass is 16.5. The van der Waals surface area contributed by atoms with Crippen molar-refractivity contribution in [2.75, 3.05) is 13.1 Å². The van der Waals surface area contributed by atoms with Crippen molar-refractivity contribution < 1.29 is 9.53 Å². The maximum atomic E-state index is 13.4. The van der Waals surface area contributed by atoms with E-state index in [4.69, 9.17) is 4.74 Å². The first kappa shape index (κ1) is 27.1. The van der Waals surface area contributed by atoms with Gasteiger partial charge in [-0.1, -0.05) is 51.7 Å². The summed E-state index contributed by atoms with van der Waals surface area (Å²) >= 11 is 0. The lowest BCUT2D eigenvalue weighted by atomic mass is 9.89. The summed E-state index contributed by atoms with van der Waals surface area (Å²) in [5.41, 5.74) is 3.90. The van der Waals surface area contributed by atoms with Crippen LogP contribution in [0.4, 0.5) is 0 Å². The van der Waals surface area contributed by atoms with Crippen LogP contribution in [0.15, 0.2) is 43.0 Å². The summed E-state index contributed by atoms with van der Waals surface area (Å²) in [6.45, 7) is 20.2. The smallest absolute Gasteiger partial charge is 0.270 e. The molecule has 0 spiro atoms. The second kappa shape index (κ2) is 13.0. The Morgan fingerprint density at radius 3 is 2.67 bits per heavy atom. The fourth-order valence-electron chi connectivity index (χ4n) is 4.66. The number of aromatic amines is 1. The van der Waals surface area contributed by atoms with Crippen LogP contribution >= 0.6 is 0 Å². The molecule has 1 saturated carbocycles. The number of hydrogen-bond acceptors (Lipinski definition) is 3. The standard InChI is InChI=1S/C25H37N3O2.C3H8/c1-6-10-18(7-2)16-26-20-11-9-12-21(14-20)28(8-3)24(29)22-13-19-17-30-25(4,5)15-23(19)27-22;1-3-2/h6-7,10,13,20-21,26-27H,1-2,8-9,11-12,14-17H2,3-5H3;3H2,1-2H3/b18-10+;. The Labute approximate surface area is 201 Å². The molecule has 1 amide bonds. The van der Waals surface area contributed by atoms with Crippen molar-refractivity contribution in [1.29, 1.82) is 0 Å². The average Bonchev–Trinajstić information content (AvgIpc) is 3.20. The van der Waals surface area contributed by atoms with E-state index in [0.717, 1.165) is 62.0 Å². The number of aromatic nitrogens is 1. The molecule has 0 radical (unpaired) electrons. The molecule has 0 aromatic carbocycles. The Kier molecular flexibility index (Phi) is 10.6. The highest BCUT2D eigenvalue weighted by Crippen LogP contribution is 2.29. The van der Waals surface area contributed by atoms with Gasteiger partial charge < -0.3 is 19.9 Å². The molecule has 1 aliphatic carbocycles. The van der Waals surface area contributed by atoms with Crippen LogP contribution in [0.1, 0.15) is 88.5 Å². The lowest BCUT2D eigenvalue weighted by Gasteiger charge is -2.37. The van der Waals surface area contributed by atoms with Gasteiger partial charge in [0.25, 0.3) is 5.91 Å². The maximum Gasteiger partial charge on any atom is 0.270 e. The third kappa shape index (κ3) is 7.72. The van der Waals surface area contributed by atoms with Crippen LogP contribution in [0.2, 0.25) is 0 Å². The Morgan fingerprint density at radius 1 is 1.30 bits per heavy atom. The van der Waals surface area contributed by atoms with Crippen molar-refractivity contribution >= 4 is 5.91 Å². The minimum atomic E-state index is -0.185. The van der Waals surface area contributed by atoms with Crippen molar-refractivity contribution in [2.45, 2.75) is 97.4 Å². The van der Waals surface area contributed by atoms with Gasteiger partial charge in [-0.05, 0) is 63.7 Å². The SMILES string of the molecule is C=C/C=C(\C=C)CNC1CCCC(N(CC)C(=O)c2cc3c([nH]2)CC(C)(C)OC3)C1.CCC. The molecule has 1 fully saturated rings. The Hall–Kier alpha value is -2.11. The highest BCUT2D eigenvalue weighted by molar-refractivity contribution is 5.93. The second-order valence-electron chi connectivity index (χ2n) is 9.79. The molecule has 3 rings (SSSR count). The number of carbonyl (C=O) groups is 1. The van der Waals surface area contributed by atoms with Gasteiger partial charge in [-0.2, -0.15) is 0 Å². The van der Waals surface area contributed by atoms with Gasteiger partial charge in [0, 0.05) is 37.3 Å². The summed E-state index contributed by atoms with van der Waals surface area (Å²) in [4.78, 5) is 18.8. The Bertz CT molecular complexity index is 821. The second-order valence-corrected chi connectivity index (χ2v) is 9.79. The van der Waals surface area contributed by atoms with Gasteiger partial charge in [-0.3, -0.25) is 4.79 Å². The van der Waals surface area contributed by atoms with Crippen molar-refractivity contribution in [2.24, 2.45) is 0 Å². The normalized spacial score (nSPS) is 21.9. The van der Waals surface area contributed by atoms with Crippen LogP contribution in [0.3, 0.4) is 0 Å². The molecule has 2 heterocycles. The molecule has 2 atom stereocenters. The molecule has 0 bridgehead atoms. The molecular formula is C28H45N3O2. The van der Waals surface area contributed by atoms with E-state index in [1.165, 1.54) is 6.42 Å². The summed E-state index contributed by atoms with van der Waals surface area (Å²) in [6.07, 6.45) is 12.0. The number of nitrogens with zero attached hydrogens (tertiary/aromatic N) is 1. The summed E-state index contributed by atoms with van der Waals surface area (Å²) in [6, 6.07) is 2.66. The van der Waals surface area contributed by atoms with Gasteiger partial charge in [0.15, 0.2) is 0 Å². The van der Waals surface area contributed by atoms with E-state index in [-0.39, 0.29) is 17.6 Å². The first-order chi connectivity index (χ1) is 15.8. The highest BCUT2D eigenvalue weighted by Gasteiger charge is 2.32. The van der Waals surface area contributed by atoms with E-state index in [0.29, 0.717) is 18.3 Å². The zero-order chi connectivity index (χ0) is 24.4. The largest absolute Gasteiger partial charge is 0.370 e. The molecule has 1 aromatic rings. The first-order valence-electron chi connectivity index (χ1n) is 12.6. The van der Waals surface area contributed by atoms with Gasteiger partial charge >= 0.3 is 0 Å². The molecule has 1 aromatic heterocycles. The van der Waals surface area contributed by atoms with E-state index >= 15 is 0 Å². The Morgan fingerprint density at radius 2 is 2.03 bits per heavy atom. The van der Waals surface area contributed by atoms with Crippen LogP contribution in [-0.2, 0) is 17.8 Å². The van der Waals surface area contributed by atoms with Crippen LogP contribution < -0.4 is 5.32 Å². The number of H-pyrrole nitrogens is 1. The molecule has 5 heteroatoms. The molecule has 2 N–H and O–H groups in total. The summed E-state index contributed by atoms with van der Waals surface area (Å²) < 4.78 is 5.90. The number of nitrogens with one attached hydrogen (secondary N) is 2. The predicted molar refractivity (Wildman–Crippen MR) is 139 cm³/mol. The van der Waals surface area contributed by atoms with Crippen LogP contribution in [0, 0.1) is 0 Å². The number of rotatable bonds is 8. The van der Waals surface area contributed by atoms with E-state index in [9.17, 15) is 4.79 Å². The van der Waals surface area contributed by atoms with Crippen molar-refractivity contribution in [1.82, 2.24) is 15.2 Å². The van der Waals surface area contributed by atoms with Crippen molar-refractivity contribution in [3.63, 3.8) is 0 Å². The molecule has 5 nitrogen and oxygen atoms in total. The van der Waals surface area contributed by atoms with Crippen LogP contribution in [0.5, 0.6) is 0 Å². The summed E-state index contributed by atoms with van der Waals surface area (Å²) in [7, 11) is 0. The zero-order valence-corrected chi connectivity index (χ0v) is 21.5. The number of amides is 1. The zero-order valence-electron chi connectivity index (χ0n) is 21.5. The number of fused-ring (bicyclic) bond motifs is 1. The number of hydrogen-bond donors (Lipinski definition) is 2. The van der Waals surface area contributed by atoms with E-state index in [1.54, 1.807) is 6.08 Å². The van der Waals surface area contributed by atoms with Crippen molar-refractivity contribution in [3.8, 4) is 0 Å². The van der Waals surface area contributed by atoms with Crippen LogP contribution in [-0.4, -0.2) is 46.6 Å². The quantitative estimate of drug-likeness (QED) is 0.477. The number of ether oxygens (including phenoxy) is 1. The fraction of sp³-hybridized carbons (Fsp3) is 0.607. The summed E-state index contributed by atoms with van der Waals surface area (Å²) in [5, 5.41) is 3.64. The van der Waals surface area contributed by atoms with Gasteiger partial charge in [-0.15, -0.1) is 0 Å². The molecule has 1 aliphatic heterocycles. The molecule has 0 saturated heterocycles. The topological polar surface area (TPSA) is 57.4 Å². The number of allylic oxidation sites excluding steroid dienone is 2. The molecule has 2 unspecified atom stereocenters. The van der Waals surface area contributed by atoms with E-state index in [1.807, 2.05) is 23.1 Å². The van der Waals surface area contributed by atoms with Gasteiger partial charge in [-0.25, -0.2) is 0 Å². The summed E-state index contributed by atoms with van der Waals surface area (Å²) in [5.74, 6) is 0.105. The van der Waals surface area contributed by atoms with Gasteiger partial charge in [0.1, 0.15) is 5.69 Å². The Balaban J connectivity index is 0.00000122. The average molecular weight is 456 g/mol. The lowest BCUT2D eigenvalue weighted by molar-refractivity contribution is -0.0406. The third-order valence-corrected chi connectivity index (χ3v) is 6.32. The lowest BCUT2D eigenvalue weighted by Crippen LogP contribution is -2.47. The van der Waals surface area contributed by atoms with Gasteiger partial charge in [0.05, 0.1) is 12.2 Å². The third-order valence-electron chi connectivity index (χ3n) is 6.32. The first-order valence-corrected chi connectivity index (χ1v) is 12.6. The minimum Gasteiger partial charge on any atom is -0.370 e. The minimum absolute atomic E-state index is 0.105. The van der Waals surface area contributed by atoms with E-state index < -0.39 is 0 Å². The molecule has 184 valence electrons. The van der Waals surface area contributed by atoms with E-state index in [2.05, 4.69) is 58.1 Å². The maximum absolute atomic E-state index is 13.4. The predicted octanol–water partition coefficient (Wildman–Crippen LogP) is 5.94. The van der Waals surface area contributed by atoms with Gasteiger partial charge in [0.2, 0.25) is 0 Å². The molecule has 2 aliphatic rings. The van der Waals surface area contributed by atoms with Crippen LogP contribution in [0.25, 0.3) is 0 Å².